The number of amides is 1. The van der Waals surface area contributed by atoms with Gasteiger partial charge >= 0.3 is 6.09 Å². The van der Waals surface area contributed by atoms with Crippen molar-refractivity contribution in [3.8, 4) is 0 Å². The number of aliphatic hydroxyl groups is 1. The summed E-state index contributed by atoms with van der Waals surface area (Å²) in [6.07, 6.45) is 0.838. The average molecular weight is 334 g/mol. The number of hydrogen-bond acceptors (Lipinski definition) is 4. The van der Waals surface area contributed by atoms with Gasteiger partial charge in [-0.3, -0.25) is 0 Å². The third-order valence-electron chi connectivity index (χ3n) is 4.33. The number of likely N-dealkylation sites (N-methyl/N-ethyl adjacent to an activating group) is 1. The van der Waals surface area contributed by atoms with E-state index in [1.807, 2.05) is 39.0 Å². The van der Waals surface area contributed by atoms with Crippen LogP contribution in [0.4, 0.5) is 10.5 Å². The van der Waals surface area contributed by atoms with Gasteiger partial charge in [-0.2, -0.15) is 0 Å². The summed E-state index contributed by atoms with van der Waals surface area (Å²) in [5.41, 5.74) is -0.148. The first-order valence-corrected chi connectivity index (χ1v) is 8.73. The lowest BCUT2D eigenvalue weighted by atomic mass is 9.90. The Morgan fingerprint density at radius 3 is 2.33 bits per heavy atom. The monoisotopic (exact) mass is 334 g/mol. The lowest BCUT2D eigenvalue weighted by Crippen LogP contribution is -2.53. The molecule has 0 aliphatic carbocycles. The van der Waals surface area contributed by atoms with Gasteiger partial charge in [-0.1, -0.05) is 18.2 Å². The molecule has 0 spiro atoms. The van der Waals surface area contributed by atoms with Crippen LogP contribution < -0.4 is 4.90 Å². The molecule has 1 amide bonds. The van der Waals surface area contributed by atoms with Crippen LogP contribution in [0.5, 0.6) is 0 Å². The van der Waals surface area contributed by atoms with E-state index < -0.39 is 11.2 Å². The van der Waals surface area contributed by atoms with E-state index in [2.05, 4.69) is 24.0 Å². The van der Waals surface area contributed by atoms with Crippen LogP contribution in [-0.4, -0.2) is 53.5 Å². The molecule has 1 saturated heterocycles. The fourth-order valence-corrected chi connectivity index (χ4v) is 2.97. The number of carbonyl (C=O) groups excluding carboxylic acids is 1. The summed E-state index contributed by atoms with van der Waals surface area (Å²) in [5.74, 6) is 0. The maximum Gasteiger partial charge on any atom is 0.410 e. The molecule has 0 aromatic heterocycles. The second kappa shape index (κ2) is 7.43. The number of carbonyl (C=O) groups is 1. The van der Waals surface area contributed by atoms with Crippen molar-refractivity contribution >= 4 is 11.8 Å². The van der Waals surface area contributed by atoms with Crippen molar-refractivity contribution in [1.29, 1.82) is 0 Å². The van der Waals surface area contributed by atoms with E-state index in [4.69, 9.17) is 4.74 Å². The van der Waals surface area contributed by atoms with Crippen LogP contribution in [0, 0.1) is 0 Å². The minimum Gasteiger partial charge on any atom is -0.444 e. The van der Waals surface area contributed by atoms with Gasteiger partial charge in [-0.15, -0.1) is 0 Å². The van der Waals surface area contributed by atoms with Crippen molar-refractivity contribution in [2.45, 2.75) is 51.7 Å². The van der Waals surface area contributed by atoms with E-state index in [1.165, 1.54) is 0 Å². The summed E-state index contributed by atoms with van der Waals surface area (Å²) in [7, 11) is 0. The maximum absolute atomic E-state index is 12.1. The van der Waals surface area contributed by atoms with Crippen LogP contribution in [0.2, 0.25) is 0 Å². The first-order chi connectivity index (χ1) is 11.2. The smallest absolute Gasteiger partial charge is 0.410 e. The number of para-hydroxylation sites is 1. The summed E-state index contributed by atoms with van der Waals surface area (Å²) in [5, 5.41) is 10.9. The standard InChI is InChI=1S/C19H30N2O3/c1-5-20(16-9-7-6-8-10-16)15-19(23)11-13-21(14-12-19)17(22)24-18(2,3)4/h6-10,23H,5,11-15H2,1-4H3. The Balaban J connectivity index is 1.93. The van der Waals surface area contributed by atoms with Gasteiger partial charge in [0.1, 0.15) is 5.60 Å². The fraction of sp³-hybridized carbons (Fsp3) is 0.632. The molecule has 0 radical (unpaired) electrons. The minimum atomic E-state index is -0.773. The van der Waals surface area contributed by atoms with Gasteiger partial charge < -0.3 is 19.6 Å². The van der Waals surface area contributed by atoms with Gasteiger partial charge in [0.05, 0.1) is 5.60 Å². The molecule has 5 heteroatoms. The molecule has 1 aromatic carbocycles. The molecule has 0 saturated carbocycles. The first kappa shape index (κ1) is 18.6. The van der Waals surface area contributed by atoms with Gasteiger partial charge in [0, 0.05) is 31.9 Å². The zero-order chi connectivity index (χ0) is 17.8. The maximum atomic E-state index is 12.1. The van der Waals surface area contributed by atoms with Crippen molar-refractivity contribution in [2.24, 2.45) is 0 Å². The molecule has 134 valence electrons. The number of benzene rings is 1. The SMILES string of the molecule is CCN(CC1(O)CCN(C(=O)OC(C)(C)C)CC1)c1ccccc1. The lowest BCUT2D eigenvalue weighted by molar-refractivity contribution is -0.0274. The molecule has 1 fully saturated rings. The minimum absolute atomic E-state index is 0.292. The highest BCUT2D eigenvalue weighted by molar-refractivity contribution is 5.68. The molecule has 1 aliphatic heterocycles. The van der Waals surface area contributed by atoms with Crippen LogP contribution in [0.25, 0.3) is 0 Å². The highest BCUT2D eigenvalue weighted by atomic mass is 16.6. The predicted octanol–water partition coefficient (Wildman–Crippen LogP) is 3.27. The molecule has 0 atom stereocenters. The van der Waals surface area contributed by atoms with Crippen LogP contribution in [0.15, 0.2) is 30.3 Å². The molecule has 1 aliphatic rings. The Kier molecular flexibility index (Phi) is 5.75. The van der Waals surface area contributed by atoms with Crippen molar-refractivity contribution in [3.05, 3.63) is 30.3 Å². The van der Waals surface area contributed by atoms with E-state index in [0.717, 1.165) is 12.2 Å². The molecule has 1 aromatic rings. The Morgan fingerprint density at radius 1 is 1.25 bits per heavy atom. The van der Waals surface area contributed by atoms with Gasteiger partial charge in [-0.05, 0) is 52.7 Å². The highest BCUT2D eigenvalue weighted by Gasteiger charge is 2.36. The Morgan fingerprint density at radius 2 is 1.83 bits per heavy atom. The topological polar surface area (TPSA) is 53.0 Å². The number of piperidine rings is 1. The Labute approximate surface area is 145 Å². The number of ether oxygens (including phenoxy) is 1. The van der Waals surface area contributed by atoms with E-state index in [-0.39, 0.29) is 6.09 Å². The van der Waals surface area contributed by atoms with Crippen LogP contribution in [-0.2, 0) is 4.74 Å². The van der Waals surface area contributed by atoms with Crippen LogP contribution in [0.3, 0.4) is 0 Å². The molecule has 0 bridgehead atoms. The summed E-state index contributed by atoms with van der Waals surface area (Å²) in [6, 6.07) is 10.1. The van der Waals surface area contributed by atoms with Gasteiger partial charge in [0.25, 0.3) is 0 Å². The molecule has 0 unspecified atom stereocenters. The fourth-order valence-electron chi connectivity index (χ4n) is 2.97. The lowest BCUT2D eigenvalue weighted by Gasteiger charge is -2.41. The average Bonchev–Trinajstić information content (AvgIpc) is 2.52. The molecule has 1 N–H and O–H groups in total. The normalized spacial score (nSPS) is 17.5. The van der Waals surface area contributed by atoms with Crippen LogP contribution >= 0.6 is 0 Å². The number of nitrogens with zero attached hydrogens (tertiary/aromatic N) is 2. The molecule has 24 heavy (non-hydrogen) atoms. The second-order valence-corrected chi connectivity index (χ2v) is 7.54. The summed E-state index contributed by atoms with van der Waals surface area (Å²) < 4.78 is 5.41. The number of anilines is 1. The zero-order valence-corrected chi connectivity index (χ0v) is 15.3. The highest BCUT2D eigenvalue weighted by Crippen LogP contribution is 2.26. The number of rotatable bonds is 4. The van der Waals surface area contributed by atoms with Crippen molar-refractivity contribution in [2.75, 3.05) is 31.1 Å². The number of hydrogen-bond donors (Lipinski definition) is 1. The number of likely N-dealkylation sites (tertiary alicyclic amines) is 1. The van der Waals surface area contributed by atoms with Gasteiger partial charge in [0.2, 0.25) is 0 Å². The van der Waals surface area contributed by atoms with Crippen molar-refractivity contribution < 1.29 is 14.6 Å². The Bertz CT molecular complexity index is 531. The zero-order valence-electron chi connectivity index (χ0n) is 15.3. The molecular weight excluding hydrogens is 304 g/mol. The van der Waals surface area contributed by atoms with Gasteiger partial charge in [-0.25, -0.2) is 4.79 Å². The third kappa shape index (κ3) is 5.13. The summed E-state index contributed by atoms with van der Waals surface area (Å²) in [6.45, 7) is 10.2. The largest absolute Gasteiger partial charge is 0.444 e. The van der Waals surface area contributed by atoms with E-state index in [1.54, 1.807) is 4.90 Å². The molecule has 2 rings (SSSR count). The molecule has 1 heterocycles. The van der Waals surface area contributed by atoms with E-state index in [0.29, 0.717) is 32.5 Å². The van der Waals surface area contributed by atoms with Gasteiger partial charge in [0.15, 0.2) is 0 Å². The third-order valence-corrected chi connectivity index (χ3v) is 4.33. The van der Waals surface area contributed by atoms with Crippen LogP contribution in [0.1, 0.15) is 40.5 Å². The summed E-state index contributed by atoms with van der Waals surface area (Å²) >= 11 is 0. The van der Waals surface area contributed by atoms with E-state index in [9.17, 15) is 9.90 Å². The molecule has 5 nitrogen and oxygen atoms in total. The van der Waals surface area contributed by atoms with Crippen molar-refractivity contribution in [1.82, 2.24) is 4.90 Å². The first-order valence-electron chi connectivity index (χ1n) is 8.73. The summed E-state index contributed by atoms with van der Waals surface area (Å²) in [4.78, 5) is 16.0. The molecular formula is C19H30N2O3. The quantitative estimate of drug-likeness (QED) is 0.918. The second-order valence-electron chi connectivity index (χ2n) is 7.54. The van der Waals surface area contributed by atoms with E-state index >= 15 is 0 Å². The predicted molar refractivity (Wildman–Crippen MR) is 96.3 cm³/mol. The van der Waals surface area contributed by atoms with Crippen molar-refractivity contribution in [3.63, 3.8) is 0 Å². The Hall–Kier alpha value is -1.75.